The van der Waals surface area contributed by atoms with E-state index in [1.807, 2.05) is 24.4 Å². The Balaban J connectivity index is 1.29. The first kappa shape index (κ1) is 20.1. The molecular formula is C21H24N6O3. The summed E-state index contributed by atoms with van der Waals surface area (Å²) < 4.78 is 7.82. The van der Waals surface area contributed by atoms with Crippen LogP contribution in [0.15, 0.2) is 55.1 Å². The molecule has 2 N–H and O–H groups in total. The molecule has 30 heavy (non-hydrogen) atoms. The van der Waals surface area contributed by atoms with Gasteiger partial charge < -0.3 is 15.2 Å². The topological polar surface area (TPSA) is 115 Å². The Morgan fingerprint density at radius 2 is 2.03 bits per heavy atom. The fourth-order valence-corrected chi connectivity index (χ4v) is 3.58. The van der Waals surface area contributed by atoms with Gasteiger partial charge in [0.25, 0.3) is 5.91 Å². The highest BCUT2D eigenvalue weighted by atomic mass is 16.5. The minimum absolute atomic E-state index is 0.0151. The number of hydrogen-bond acceptors (Lipinski definition) is 7. The number of hydrogen-bond donors (Lipinski definition) is 2. The summed E-state index contributed by atoms with van der Waals surface area (Å²) in [6.07, 6.45) is 8.57. The minimum atomic E-state index is -0.436. The van der Waals surface area contributed by atoms with Crippen molar-refractivity contribution >= 4 is 5.91 Å². The van der Waals surface area contributed by atoms with E-state index in [-0.39, 0.29) is 24.7 Å². The molecule has 9 nitrogen and oxygen atoms in total. The van der Waals surface area contributed by atoms with Gasteiger partial charge in [0.15, 0.2) is 0 Å². The Morgan fingerprint density at radius 1 is 1.17 bits per heavy atom. The summed E-state index contributed by atoms with van der Waals surface area (Å²) in [7, 11) is 0. The summed E-state index contributed by atoms with van der Waals surface area (Å²) in [6.45, 7) is 0.502. The molecule has 0 aromatic carbocycles. The Labute approximate surface area is 174 Å². The predicted octanol–water partition coefficient (Wildman–Crippen LogP) is 1.46. The van der Waals surface area contributed by atoms with Gasteiger partial charge in [0.05, 0.1) is 30.6 Å². The molecule has 3 aromatic rings. The van der Waals surface area contributed by atoms with E-state index in [0.29, 0.717) is 12.1 Å². The SMILES string of the molecule is O=C(N[C@H]1CC[C@@H](CCn2cc(-c3ccccn3)nn2)O[C@H]1CO)c1ccncc1. The lowest BCUT2D eigenvalue weighted by molar-refractivity contribution is -0.0912. The van der Waals surface area contributed by atoms with Crippen LogP contribution in [0.25, 0.3) is 11.4 Å². The largest absolute Gasteiger partial charge is 0.394 e. The number of carbonyl (C=O) groups is 1. The number of pyridine rings is 2. The van der Waals surface area contributed by atoms with Crippen molar-refractivity contribution in [2.45, 2.75) is 44.1 Å². The third-order valence-corrected chi connectivity index (χ3v) is 5.20. The quantitative estimate of drug-likeness (QED) is 0.608. The van der Waals surface area contributed by atoms with Crippen LogP contribution in [0, 0.1) is 0 Å². The van der Waals surface area contributed by atoms with Gasteiger partial charge in [-0.2, -0.15) is 0 Å². The number of amides is 1. The summed E-state index contributed by atoms with van der Waals surface area (Å²) in [5.41, 5.74) is 2.05. The molecule has 4 rings (SSSR count). The first-order valence-corrected chi connectivity index (χ1v) is 10.0. The molecule has 1 aliphatic rings. The number of aromatic nitrogens is 5. The molecule has 0 radical (unpaired) electrons. The number of carbonyl (C=O) groups excluding carboxylic acids is 1. The van der Waals surface area contributed by atoms with Gasteiger partial charge in [0.1, 0.15) is 11.8 Å². The maximum atomic E-state index is 12.4. The van der Waals surface area contributed by atoms with Crippen LogP contribution in [0.3, 0.4) is 0 Å². The van der Waals surface area contributed by atoms with Gasteiger partial charge in [0.2, 0.25) is 0 Å². The maximum absolute atomic E-state index is 12.4. The molecule has 0 aliphatic carbocycles. The molecule has 0 bridgehead atoms. The molecule has 0 saturated carbocycles. The van der Waals surface area contributed by atoms with Gasteiger partial charge in [0, 0.05) is 30.7 Å². The normalized spacial score (nSPS) is 21.3. The smallest absolute Gasteiger partial charge is 0.251 e. The molecule has 1 fully saturated rings. The Bertz CT molecular complexity index is 950. The molecule has 0 spiro atoms. The van der Waals surface area contributed by atoms with Gasteiger partial charge in [-0.1, -0.05) is 11.3 Å². The fourth-order valence-electron chi connectivity index (χ4n) is 3.58. The molecule has 156 valence electrons. The van der Waals surface area contributed by atoms with Crippen molar-refractivity contribution < 1.29 is 14.6 Å². The van der Waals surface area contributed by atoms with E-state index in [2.05, 4.69) is 25.6 Å². The van der Waals surface area contributed by atoms with Gasteiger partial charge in [-0.15, -0.1) is 5.10 Å². The van der Waals surface area contributed by atoms with Gasteiger partial charge >= 0.3 is 0 Å². The molecule has 4 heterocycles. The number of aliphatic hydroxyl groups excluding tert-OH is 1. The first-order valence-electron chi connectivity index (χ1n) is 10.0. The van der Waals surface area contributed by atoms with E-state index in [4.69, 9.17) is 4.74 Å². The first-order chi connectivity index (χ1) is 14.7. The van der Waals surface area contributed by atoms with Gasteiger partial charge in [-0.3, -0.25) is 19.4 Å². The zero-order chi connectivity index (χ0) is 20.8. The van der Waals surface area contributed by atoms with Crippen molar-refractivity contribution in [1.82, 2.24) is 30.3 Å². The van der Waals surface area contributed by atoms with E-state index in [9.17, 15) is 9.90 Å². The molecule has 1 amide bonds. The molecule has 3 aromatic heterocycles. The molecule has 9 heteroatoms. The van der Waals surface area contributed by atoms with Gasteiger partial charge in [-0.05, 0) is 43.5 Å². The van der Waals surface area contributed by atoms with Crippen molar-refractivity contribution in [3.63, 3.8) is 0 Å². The third kappa shape index (κ3) is 4.87. The Morgan fingerprint density at radius 3 is 2.80 bits per heavy atom. The van der Waals surface area contributed by atoms with E-state index in [1.165, 1.54) is 0 Å². The summed E-state index contributed by atoms with van der Waals surface area (Å²) in [6, 6.07) is 8.76. The second-order valence-corrected chi connectivity index (χ2v) is 7.24. The van der Waals surface area contributed by atoms with E-state index >= 15 is 0 Å². The lowest BCUT2D eigenvalue weighted by Crippen LogP contribution is -2.51. The van der Waals surface area contributed by atoms with Gasteiger partial charge in [-0.25, -0.2) is 0 Å². The van der Waals surface area contributed by atoms with E-state index in [1.54, 1.807) is 35.4 Å². The summed E-state index contributed by atoms with van der Waals surface area (Å²) in [5, 5.41) is 21.1. The second kappa shape index (κ2) is 9.55. The monoisotopic (exact) mass is 408 g/mol. The van der Waals surface area contributed by atoms with E-state index in [0.717, 1.165) is 30.7 Å². The Kier molecular flexibility index (Phi) is 6.41. The zero-order valence-corrected chi connectivity index (χ0v) is 16.5. The van der Waals surface area contributed by atoms with Crippen LogP contribution in [0.1, 0.15) is 29.6 Å². The lowest BCUT2D eigenvalue weighted by atomic mass is 9.97. The number of nitrogens with one attached hydrogen (secondary N) is 1. The van der Waals surface area contributed by atoms with Crippen LogP contribution in [-0.2, 0) is 11.3 Å². The predicted molar refractivity (Wildman–Crippen MR) is 108 cm³/mol. The molecule has 3 atom stereocenters. The average Bonchev–Trinajstić information content (AvgIpc) is 3.28. The highest BCUT2D eigenvalue weighted by molar-refractivity contribution is 5.94. The average molecular weight is 408 g/mol. The summed E-state index contributed by atoms with van der Waals surface area (Å²) in [5.74, 6) is -0.187. The van der Waals surface area contributed by atoms with E-state index < -0.39 is 6.10 Å². The van der Waals surface area contributed by atoms with Crippen molar-refractivity contribution in [2.75, 3.05) is 6.61 Å². The molecule has 1 aliphatic heterocycles. The van der Waals surface area contributed by atoms with Crippen molar-refractivity contribution in [2.24, 2.45) is 0 Å². The van der Waals surface area contributed by atoms with Crippen molar-refractivity contribution in [3.05, 3.63) is 60.7 Å². The van der Waals surface area contributed by atoms with Crippen LogP contribution in [0.5, 0.6) is 0 Å². The molecule has 0 unspecified atom stereocenters. The Hall–Kier alpha value is -3.17. The lowest BCUT2D eigenvalue weighted by Gasteiger charge is -2.36. The fraction of sp³-hybridized carbons (Fsp3) is 0.381. The summed E-state index contributed by atoms with van der Waals surface area (Å²) in [4.78, 5) is 20.6. The van der Waals surface area contributed by atoms with Crippen LogP contribution in [0.4, 0.5) is 0 Å². The number of aliphatic hydroxyl groups is 1. The third-order valence-electron chi connectivity index (χ3n) is 5.20. The van der Waals surface area contributed by atoms with Crippen molar-refractivity contribution in [3.8, 4) is 11.4 Å². The highest BCUT2D eigenvalue weighted by Gasteiger charge is 2.32. The van der Waals surface area contributed by atoms with Crippen LogP contribution >= 0.6 is 0 Å². The van der Waals surface area contributed by atoms with Crippen LogP contribution in [0.2, 0.25) is 0 Å². The number of ether oxygens (including phenoxy) is 1. The zero-order valence-electron chi connectivity index (χ0n) is 16.5. The highest BCUT2D eigenvalue weighted by Crippen LogP contribution is 2.23. The minimum Gasteiger partial charge on any atom is -0.394 e. The number of rotatable bonds is 7. The number of nitrogens with zero attached hydrogens (tertiary/aromatic N) is 5. The van der Waals surface area contributed by atoms with Crippen LogP contribution < -0.4 is 5.32 Å². The second-order valence-electron chi connectivity index (χ2n) is 7.24. The molecule has 1 saturated heterocycles. The van der Waals surface area contributed by atoms with Crippen molar-refractivity contribution in [1.29, 1.82) is 0 Å². The molecular weight excluding hydrogens is 384 g/mol. The maximum Gasteiger partial charge on any atom is 0.251 e. The summed E-state index contributed by atoms with van der Waals surface area (Å²) >= 11 is 0. The van der Waals surface area contributed by atoms with Crippen LogP contribution in [-0.4, -0.2) is 60.8 Å². The standard InChI is InChI=1S/C21H24N6O3/c28-14-20-18(24-21(29)15-6-10-22-11-7-15)5-4-16(30-20)8-12-27-13-19(25-26-27)17-3-1-2-9-23-17/h1-3,6-7,9-11,13,16,18,20,28H,4-5,8,12,14H2,(H,24,29)/t16-,18-,20-/m0/s1. The number of aryl methyl sites for hydroxylation is 1.